The SMILES string of the molecule is O=C(CC(NCc1ccc(-c2cc(Cl)ccc2Cl)o1)C(=O)Nc1ccccc1C(=O)O)NCC(O)CO. The molecule has 0 aliphatic rings. The number of aliphatic hydroxyl groups excluding tert-OH is 2. The number of nitrogens with one attached hydrogen (secondary N) is 3. The summed E-state index contributed by atoms with van der Waals surface area (Å²) >= 11 is 12.3. The molecule has 3 rings (SSSR count). The Morgan fingerprint density at radius 3 is 2.51 bits per heavy atom. The second kappa shape index (κ2) is 13.2. The van der Waals surface area contributed by atoms with E-state index in [9.17, 15) is 24.6 Å². The number of carboxylic acids is 1. The summed E-state index contributed by atoms with van der Waals surface area (Å²) in [6.07, 6.45) is -1.49. The number of carboxylic acid groups (broad SMARTS) is 1. The second-order valence-electron chi connectivity index (χ2n) is 8.01. The molecule has 196 valence electrons. The molecule has 0 aliphatic carbocycles. The predicted octanol–water partition coefficient (Wildman–Crippen LogP) is 2.91. The minimum atomic E-state index is -1.22. The van der Waals surface area contributed by atoms with Gasteiger partial charge in [-0.1, -0.05) is 35.3 Å². The average molecular weight is 550 g/mol. The third-order valence-corrected chi connectivity index (χ3v) is 5.81. The first-order valence-corrected chi connectivity index (χ1v) is 11.9. The van der Waals surface area contributed by atoms with Gasteiger partial charge in [0.2, 0.25) is 11.8 Å². The van der Waals surface area contributed by atoms with Gasteiger partial charge in [0.1, 0.15) is 11.5 Å². The quantitative estimate of drug-likeness (QED) is 0.201. The normalized spacial score (nSPS) is 12.5. The molecule has 1 heterocycles. The van der Waals surface area contributed by atoms with Gasteiger partial charge in [0.15, 0.2) is 0 Å². The van der Waals surface area contributed by atoms with Gasteiger partial charge in [-0.15, -0.1) is 0 Å². The fourth-order valence-corrected chi connectivity index (χ4v) is 3.72. The second-order valence-corrected chi connectivity index (χ2v) is 8.85. The molecule has 0 saturated carbocycles. The number of aromatic carboxylic acids is 1. The van der Waals surface area contributed by atoms with Crippen molar-refractivity contribution in [3.05, 3.63) is 76.0 Å². The van der Waals surface area contributed by atoms with Crippen molar-refractivity contribution in [3.63, 3.8) is 0 Å². The number of aliphatic hydroxyl groups is 2. The van der Waals surface area contributed by atoms with Crippen LogP contribution >= 0.6 is 23.2 Å². The predicted molar refractivity (Wildman–Crippen MR) is 138 cm³/mol. The number of anilines is 1. The number of carbonyl (C=O) groups is 3. The number of furan rings is 1. The van der Waals surface area contributed by atoms with E-state index in [0.29, 0.717) is 27.1 Å². The molecule has 2 unspecified atom stereocenters. The highest BCUT2D eigenvalue weighted by Gasteiger charge is 2.24. The third kappa shape index (κ3) is 8.04. The van der Waals surface area contributed by atoms with E-state index in [1.54, 1.807) is 36.4 Å². The van der Waals surface area contributed by atoms with Gasteiger partial charge >= 0.3 is 5.97 Å². The molecule has 12 heteroatoms. The van der Waals surface area contributed by atoms with Crippen molar-refractivity contribution in [1.82, 2.24) is 10.6 Å². The van der Waals surface area contributed by atoms with Gasteiger partial charge in [0, 0.05) is 17.1 Å². The third-order valence-electron chi connectivity index (χ3n) is 5.25. The summed E-state index contributed by atoms with van der Waals surface area (Å²) < 4.78 is 5.83. The Balaban J connectivity index is 1.74. The minimum Gasteiger partial charge on any atom is -0.478 e. The van der Waals surface area contributed by atoms with Crippen molar-refractivity contribution < 1.29 is 34.1 Å². The molecule has 2 atom stereocenters. The van der Waals surface area contributed by atoms with Crippen molar-refractivity contribution in [2.45, 2.75) is 25.1 Å². The number of amides is 2. The summed E-state index contributed by atoms with van der Waals surface area (Å²) in [5.74, 6) is -1.56. The van der Waals surface area contributed by atoms with Crippen LogP contribution in [0.1, 0.15) is 22.5 Å². The van der Waals surface area contributed by atoms with Gasteiger partial charge in [0.05, 0.1) is 48.0 Å². The molecule has 3 aromatic rings. The summed E-state index contributed by atoms with van der Waals surface area (Å²) in [5, 5.41) is 36.6. The van der Waals surface area contributed by atoms with Crippen LogP contribution < -0.4 is 16.0 Å². The zero-order valence-electron chi connectivity index (χ0n) is 19.4. The lowest BCUT2D eigenvalue weighted by molar-refractivity contribution is -0.126. The Bertz CT molecular complexity index is 1260. The van der Waals surface area contributed by atoms with E-state index in [0.717, 1.165) is 0 Å². The first-order valence-electron chi connectivity index (χ1n) is 11.1. The van der Waals surface area contributed by atoms with Crippen LogP contribution in [0.3, 0.4) is 0 Å². The van der Waals surface area contributed by atoms with Crippen LogP contribution in [0.15, 0.2) is 59.0 Å². The van der Waals surface area contributed by atoms with Crippen LogP contribution in [0.5, 0.6) is 0 Å². The lowest BCUT2D eigenvalue weighted by Gasteiger charge is -2.19. The van der Waals surface area contributed by atoms with Crippen LogP contribution in [-0.2, 0) is 16.1 Å². The summed E-state index contributed by atoms with van der Waals surface area (Å²) in [4.78, 5) is 37.0. The Labute approximate surface area is 222 Å². The number of carbonyl (C=O) groups excluding carboxylic acids is 2. The van der Waals surface area contributed by atoms with E-state index < -0.39 is 36.5 Å². The summed E-state index contributed by atoms with van der Waals surface area (Å²) in [5.41, 5.74) is 0.541. The summed E-state index contributed by atoms with van der Waals surface area (Å²) in [6, 6.07) is 13.1. The highest BCUT2D eigenvalue weighted by molar-refractivity contribution is 6.35. The van der Waals surface area contributed by atoms with Gasteiger partial charge in [0.25, 0.3) is 0 Å². The molecule has 0 fully saturated rings. The topological polar surface area (TPSA) is 161 Å². The molecule has 0 bridgehead atoms. The monoisotopic (exact) mass is 549 g/mol. The van der Waals surface area contributed by atoms with E-state index in [1.165, 1.54) is 18.2 Å². The maximum absolute atomic E-state index is 13.0. The largest absolute Gasteiger partial charge is 0.478 e. The fourth-order valence-electron chi connectivity index (χ4n) is 3.34. The van der Waals surface area contributed by atoms with Crippen LogP contribution in [0.25, 0.3) is 11.3 Å². The lowest BCUT2D eigenvalue weighted by atomic mass is 10.1. The van der Waals surface area contributed by atoms with E-state index >= 15 is 0 Å². The molecule has 0 saturated heterocycles. The molecular formula is C25H25Cl2N3O7. The minimum absolute atomic E-state index is 0.0450. The number of halogens is 2. The Hall–Kier alpha value is -3.41. The number of benzene rings is 2. The molecule has 6 N–H and O–H groups in total. The van der Waals surface area contributed by atoms with Crippen LogP contribution in [0.4, 0.5) is 5.69 Å². The summed E-state index contributed by atoms with van der Waals surface area (Å²) in [6.45, 7) is -0.692. The number of hydrogen-bond acceptors (Lipinski definition) is 7. The fraction of sp³-hybridized carbons (Fsp3) is 0.240. The maximum Gasteiger partial charge on any atom is 0.337 e. The lowest BCUT2D eigenvalue weighted by Crippen LogP contribution is -2.45. The molecular weight excluding hydrogens is 525 g/mol. The van der Waals surface area contributed by atoms with Gasteiger partial charge in [-0.05, 0) is 42.5 Å². The van der Waals surface area contributed by atoms with Gasteiger partial charge in [-0.3, -0.25) is 14.9 Å². The molecule has 0 spiro atoms. The van der Waals surface area contributed by atoms with Crippen molar-refractivity contribution in [2.75, 3.05) is 18.5 Å². The van der Waals surface area contributed by atoms with Crippen LogP contribution in [0, 0.1) is 0 Å². The molecule has 0 aliphatic heterocycles. The highest BCUT2D eigenvalue weighted by Crippen LogP contribution is 2.31. The van der Waals surface area contributed by atoms with E-state index in [4.69, 9.17) is 32.7 Å². The number of hydrogen-bond donors (Lipinski definition) is 6. The first kappa shape index (κ1) is 28.2. The zero-order valence-corrected chi connectivity index (χ0v) is 20.9. The van der Waals surface area contributed by atoms with E-state index in [1.807, 2.05) is 0 Å². The molecule has 10 nitrogen and oxygen atoms in total. The smallest absolute Gasteiger partial charge is 0.337 e. The van der Waals surface area contributed by atoms with E-state index in [-0.39, 0.29) is 30.8 Å². The van der Waals surface area contributed by atoms with Crippen molar-refractivity contribution >= 4 is 46.7 Å². The molecule has 1 aromatic heterocycles. The van der Waals surface area contributed by atoms with Gasteiger partial charge < -0.3 is 30.4 Å². The Morgan fingerprint density at radius 2 is 1.78 bits per heavy atom. The summed E-state index contributed by atoms with van der Waals surface area (Å²) in [7, 11) is 0. The number of rotatable bonds is 12. The first-order chi connectivity index (χ1) is 17.7. The maximum atomic E-state index is 13.0. The molecule has 2 aromatic carbocycles. The standard InChI is InChI=1S/C25H25Cl2N3O7/c26-14-5-7-19(27)18(9-14)22-8-6-16(37-22)12-28-21(10-23(33)29-11-15(32)13-31)24(34)30-20-4-2-1-3-17(20)25(35)36/h1-9,15,21,28,31-32H,10-13H2,(H,29,33)(H,30,34)(H,35,36). The Kier molecular flexibility index (Phi) is 10.1. The average Bonchev–Trinajstić information content (AvgIpc) is 3.35. The highest BCUT2D eigenvalue weighted by atomic mass is 35.5. The molecule has 37 heavy (non-hydrogen) atoms. The van der Waals surface area contributed by atoms with Crippen LogP contribution in [0.2, 0.25) is 10.0 Å². The Morgan fingerprint density at radius 1 is 1.03 bits per heavy atom. The van der Waals surface area contributed by atoms with Crippen molar-refractivity contribution in [1.29, 1.82) is 0 Å². The molecule has 0 radical (unpaired) electrons. The van der Waals surface area contributed by atoms with Crippen molar-refractivity contribution in [3.8, 4) is 11.3 Å². The van der Waals surface area contributed by atoms with Crippen molar-refractivity contribution in [2.24, 2.45) is 0 Å². The van der Waals surface area contributed by atoms with Gasteiger partial charge in [-0.25, -0.2) is 4.79 Å². The number of para-hydroxylation sites is 1. The van der Waals surface area contributed by atoms with Gasteiger partial charge in [-0.2, -0.15) is 0 Å². The zero-order chi connectivity index (χ0) is 26.9. The van der Waals surface area contributed by atoms with E-state index in [2.05, 4.69) is 16.0 Å². The van der Waals surface area contributed by atoms with Crippen LogP contribution in [-0.4, -0.2) is 58.4 Å². The molecule has 2 amide bonds.